The number of hydrogen-bond acceptors (Lipinski definition) is 4. The van der Waals surface area contributed by atoms with Gasteiger partial charge in [0.25, 0.3) is 5.91 Å². The van der Waals surface area contributed by atoms with Gasteiger partial charge in [0.05, 0.1) is 12.5 Å². The third kappa shape index (κ3) is 3.93. The molecule has 0 bridgehead atoms. The number of aromatic nitrogens is 1. The van der Waals surface area contributed by atoms with Crippen LogP contribution in [0.5, 0.6) is 5.75 Å². The number of hydrogen-bond donors (Lipinski definition) is 2. The minimum atomic E-state index is -0.747. The molecular formula is C15H20N2O4. The molecule has 1 amide bonds. The van der Waals surface area contributed by atoms with Gasteiger partial charge in [-0.3, -0.25) is 9.59 Å². The molecule has 0 spiro atoms. The summed E-state index contributed by atoms with van der Waals surface area (Å²) in [5.41, 5.74) is 0.278. The van der Waals surface area contributed by atoms with E-state index in [9.17, 15) is 9.59 Å². The summed E-state index contributed by atoms with van der Waals surface area (Å²) < 4.78 is 5.39. The largest absolute Gasteiger partial charge is 0.491 e. The van der Waals surface area contributed by atoms with Gasteiger partial charge in [-0.05, 0) is 44.7 Å². The Morgan fingerprint density at radius 3 is 2.71 bits per heavy atom. The van der Waals surface area contributed by atoms with Crippen LogP contribution in [-0.2, 0) is 4.79 Å². The Bertz CT molecular complexity index is 510. The second-order valence-corrected chi connectivity index (χ2v) is 5.14. The van der Waals surface area contributed by atoms with E-state index in [1.165, 1.54) is 0 Å². The Morgan fingerprint density at radius 2 is 2.10 bits per heavy atom. The number of carbonyl (C=O) groups is 2. The van der Waals surface area contributed by atoms with Crippen LogP contribution in [0.4, 0.5) is 0 Å². The van der Waals surface area contributed by atoms with Crippen LogP contribution in [0.1, 0.15) is 43.1 Å². The maximum absolute atomic E-state index is 12.3. The molecule has 0 atom stereocenters. The fourth-order valence-corrected chi connectivity index (χ4v) is 2.57. The maximum atomic E-state index is 12.3. The van der Waals surface area contributed by atoms with Gasteiger partial charge >= 0.3 is 5.97 Å². The molecule has 1 fully saturated rings. The van der Waals surface area contributed by atoms with Gasteiger partial charge in [-0.25, -0.2) is 4.98 Å². The van der Waals surface area contributed by atoms with Crippen LogP contribution < -0.4 is 10.1 Å². The molecule has 1 aliphatic carbocycles. The molecule has 114 valence electrons. The Morgan fingerprint density at radius 1 is 1.38 bits per heavy atom. The molecule has 6 nitrogen and oxygen atoms in total. The first-order chi connectivity index (χ1) is 10.1. The normalized spacial score (nSPS) is 21.6. The van der Waals surface area contributed by atoms with Crippen molar-refractivity contribution < 1.29 is 19.4 Å². The Balaban J connectivity index is 1.95. The third-order valence-electron chi connectivity index (χ3n) is 3.70. The third-order valence-corrected chi connectivity index (χ3v) is 3.70. The summed E-state index contributed by atoms with van der Waals surface area (Å²) in [6.45, 7) is 2.32. The van der Waals surface area contributed by atoms with Gasteiger partial charge in [0, 0.05) is 12.2 Å². The number of aliphatic carboxylic acids is 1. The first-order valence-corrected chi connectivity index (χ1v) is 7.23. The van der Waals surface area contributed by atoms with Crippen molar-refractivity contribution >= 4 is 11.9 Å². The highest BCUT2D eigenvalue weighted by Gasteiger charge is 2.27. The maximum Gasteiger partial charge on any atom is 0.306 e. The van der Waals surface area contributed by atoms with E-state index in [1.807, 2.05) is 6.92 Å². The average Bonchev–Trinajstić information content (AvgIpc) is 2.48. The number of nitrogens with zero attached hydrogens (tertiary/aromatic N) is 1. The average molecular weight is 292 g/mol. The summed E-state index contributed by atoms with van der Waals surface area (Å²) in [5, 5.41) is 11.9. The number of carboxylic acids is 1. The van der Waals surface area contributed by atoms with E-state index >= 15 is 0 Å². The predicted molar refractivity (Wildman–Crippen MR) is 76.3 cm³/mol. The van der Waals surface area contributed by atoms with Crippen molar-refractivity contribution in [1.29, 1.82) is 0 Å². The molecule has 1 aromatic heterocycles. The van der Waals surface area contributed by atoms with Crippen LogP contribution in [0, 0.1) is 5.92 Å². The summed E-state index contributed by atoms with van der Waals surface area (Å²) in [4.78, 5) is 27.2. The Hall–Kier alpha value is -2.11. The molecule has 2 N–H and O–H groups in total. The van der Waals surface area contributed by atoms with Crippen molar-refractivity contribution in [3.8, 4) is 5.75 Å². The van der Waals surface area contributed by atoms with Gasteiger partial charge in [-0.1, -0.05) is 0 Å². The van der Waals surface area contributed by atoms with Crippen molar-refractivity contribution in [3.05, 3.63) is 24.0 Å². The predicted octanol–water partition coefficient (Wildman–Crippen LogP) is 1.85. The molecule has 0 aromatic carbocycles. The zero-order chi connectivity index (χ0) is 15.2. The quantitative estimate of drug-likeness (QED) is 0.864. The fraction of sp³-hybridized carbons (Fsp3) is 0.533. The lowest BCUT2D eigenvalue weighted by Gasteiger charge is -2.26. The van der Waals surface area contributed by atoms with E-state index in [-0.39, 0.29) is 23.6 Å². The molecule has 1 aromatic rings. The molecule has 0 radical (unpaired) electrons. The zero-order valence-electron chi connectivity index (χ0n) is 12.0. The standard InChI is InChI=1S/C15H20N2O4/c1-2-21-12-4-3-9-16-13(12)14(18)17-11-7-5-10(6-8-11)15(19)20/h3-4,9-11H,2,5-8H2,1H3,(H,17,18)(H,19,20). The van der Waals surface area contributed by atoms with Gasteiger partial charge in [0.1, 0.15) is 0 Å². The molecule has 0 unspecified atom stereocenters. The van der Waals surface area contributed by atoms with Crippen molar-refractivity contribution in [3.63, 3.8) is 0 Å². The van der Waals surface area contributed by atoms with Gasteiger partial charge in [-0.15, -0.1) is 0 Å². The molecule has 21 heavy (non-hydrogen) atoms. The summed E-state index contributed by atoms with van der Waals surface area (Å²) in [5.74, 6) is -0.829. The lowest BCUT2D eigenvalue weighted by Crippen LogP contribution is -2.39. The van der Waals surface area contributed by atoms with E-state index in [2.05, 4.69) is 10.3 Å². The monoisotopic (exact) mass is 292 g/mol. The van der Waals surface area contributed by atoms with E-state index < -0.39 is 5.97 Å². The van der Waals surface area contributed by atoms with E-state index in [4.69, 9.17) is 9.84 Å². The lowest BCUT2D eigenvalue weighted by atomic mass is 9.86. The molecule has 2 rings (SSSR count). The van der Waals surface area contributed by atoms with Crippen LogP contribution in [0.15, 0.2) is 18.3 Å². The molecule has 1 heterocycles. The fourth-order valence-electron chi connectivity index (χ4n) is 2.57. The van der Waals surface area contributed by atoms with E-state index in [1.54, 1.807) is 18.3 Å². The van der Waals surface area contributed by atoms with Gasteiger partial charge < -0.3 is 15.2 Å². The molecule has 0 saturated heterocycles. The number of ether oxygens (including phenoxy) is 1. The highest BCUT2D eigenvalue weighted by Crippen LogP contribution is 2.25. The summed E-state index contributed by atoms with van der Waals surface area (Å²) in [7, 11) is 0. The minimum absolute atomic E-state index is 0.00424. The van der Waals surface area contributed by atoms with Crippen LogP contribution in [0.25, 0.3) is 0 Å². The number of carboxylic acid groups (broad SMARTS) is 1. The number of carbonyl (C=O) groups excluding carboxylic acids is 1. The SMILES string of the molecule is CCOc1cccnc1C(=O)NC1CCC(C(=O)O)CC1. The van der Waals surface area contributed by atoms with Crippen molar-refractivity contribution in [2.75, 3.05) is 6.61 Å². The molecule has 6 heteroatoms. The summed E-state index contributed by atoms with van der Waals surface area (Å²) in [6.07, 6.45) is 4.11. The first-order valence-electron chi connectivity index (χ1n) is 7.23. The van der Waals surface area contributed by atoms with Gasteiger partial charge in [-0.2, -0.15) is 0 Å². The summed E-state index contributed by atoms with van der Waals surface area (Å²) in [6, 6.07) is 3.44. The topological polar surface area (TPSA) is 88.5 Å². The van der Waals surface area contributed by atoms with Crippen molar-refractivity contribution in [1.82, 2.24) is 10.3 Å². The van der Waals surface area contributed by atoms with E-state index in [0.29, 0.717) is 38.0 Å². The molecule has 1 saturated carbocycles. The second-order valence-electron chi connectivity index (χ2n) is 5.14. The number of rotatable bonds is 5. The van der Waals surface area contributed by atoms with Crippen LogP contribution in [-0.4, -0.2) is 34.6 Å². The van der Waals surface area contributed by atoms with Crippen LogP contribution in [0.2, 0.25) is 0 Å². The highest BCUT2D eigenvalue weighted by atomic mass is 16.5. The molecule has 0 aliphatic heterocycles. The Labute approximate surface area is 123 Å². The van der Waals surface area contributed by atoms with Crippen LogP contribution >= 0.6 is 0 Å². The smallest absolute Gasteiger partial charge is 0.306 e. The van der Waals surface area contributed by atoms with Crippen LogP contribution in [0.3, 0.4) is 0 Å². The minimum Gasteiger partial charge on any atom is -0.491 e. The number of pyridine rings is 1. The second kappa shape index (κ2) is 7.06. The lowest BCUT2D eigenvalue weighted by molar-refractivity contribution is -0.142. The molecular weight excluding hydrogens is 272 g/mol. The zero-order valence-corrected chi connectivity index (χ0v) is 12.0. The van der Waals surface area contributed by atoms with Gasteiger partial charge in [0.15, 0.2) is 11.4 Å². The van der Waals surface area contributed by atoms with Crippen molar-refractivity contribution in [2.45, 2.75) is 38.6 Å². The summed E-state index contributed by atoms with van der Waals surface area (Å²) >= 11 is 0. The highest BCUT2D eigenvalue weighted by molar-refractivity contribution is 5.95. The van der Waals surface area contributed by atoms with Crippen molar-refractivity contribution in [2.24, 2.45) is 5.92 Å². The molecule has 1 aliphatic rings. The number of amides is 1. The Kier molecular flexibility index (Phi) is 5.14. The number of nitrogens with one attached hydrogen (secondary N) is 1. The first kappa shape index (κ1) is 15.3. The van der Waals surface area contributed by atoms with E-state index in [0.717, 1.165) is 0 Å². The van der Waals surface area contributed by atoms with Gasteiger partial charge in [0.2, 0.25) is 0 Å².